The maximum absolute atomic E-state index is 12.7. The third kappa shape index (κ3) is 3.42. The monoisotopic (exact) mass is 328 g/mol. The summed E-state index contributed by atoms with van der Waals surface area (Å²) in [5, 5.41) is 5.90. The third-order valence-corrected chi connectivity index (χ3v) is 4.33. The lowest BCUT2D eigenvalue weighted by atomic mass is 9.95. The average Bonchev–Trinajstić information content (AvgIpc) is 2.95. The number of hydrogen-bond donors (Lipinski definition) is 2. The summed E-state index contributed by atoms with van der Waals surface area (Å²) >= 11 is 0. The van der Waals surface area contributed by atoms with Crippen molar-refractivity contribution in [3.05, 3.63) is 35.9 Å². The molecule has 0 aliphatic heterocycles. The maximum Gasteiger partial charge on any atom is 0.287 e. The number of carbonyl (C=O) groups excluding carboxylic acids is 2. The Hall–Kier alpha value is -2.37. The highest BCUT2D eigenvalue weighted by molar-refractivity contribution is 6.02. The molecule has 3 rings (SSSR count). The maximum atomic E-state index is 12.7. The van der Waals surface area contributed by atoms with Gasteiger partial charge in [-0.1, -0.05) is 25.3 Å². The lowest BCUT2D eigenvalue weighted by molar-refractivity contribution is 0.0924. The number of fused-ring (bicyclic) bond motifs is 1. The molecular formula is C18H24N4O2. The first-order valence-electron chi connectivity index (χ1n) is 8.65. The molecule has 24 heavy (non-hydrogen) atoms. The van der Waals surface area contributed by atoms with Crippen LogP contribution in [-0.2, 0) is 0 Å². The van der Waals surface area contributed by atoms with Gasteiger partial charge >= 0.3 is 0 Å². The molecule has 0 atom stereocenters. The van der Waals surface area contributed by atoms with Gasteiger partial charge in [-0.25, -0.2) is 4.98 Å². The van der Waals surface area contributed by atoms with Gasteiger partial charge < -0.3 is 10.6 Å². The van der Waals surface area contributed by atoms with E-state index in [1.165, 1.54) is 6.42 Å². The van der Waals surface area contributed by atoms with Crippen LogP contribution in [0.15, 0.2) is 24.4 Å². The van der Waals surface area contributed by atoms with Crippen LogP contribution in [0.2, 0.25) is 0 Å². The van der Waals surface area contributed by atoms with Gasteiger partial charge in [0.1, 0.15) is 0 Å². The van der Waals surface area contributed by atoms with Crippen LogP contribution in [-0.4, -0.2) is 33.3 Å². The Kier molecular flexibility index (Phi) is 4.83. The Labute approximate surface area is 141 Å². The number of hydrogen-bond acceptors (Lipinski definition) is 3. The van der Waals surface area contributed by atoms with Crippen LogP contribution in [0.3, 0.4) is 0 Å². The van der Waals surface area contributed by atoms with Gasteiger partial charge in [0.15, 0.2) is 5.69 Å². The molecule has 1 saturated carbocycles. The first-order valence-corrected chi connectivity index (χ1v) is 8.65. The van der Waals surface area contributed by atoms with E-state index in [2.05, 4.69) is 15.6 Å². The molecule has 6 nitrogen and oxygen atoms in total. The minimum absolute atomic E-state index is 0.00748. The van der Waals surface area contributed by atoms with Crippen molar-refractivity contribution in [3.8, 4) is 0 Å². The van der Waals surface area contributed by atoms with Crippen molar-refractivity contribution < 1.29 is 9.59 Å². The van der Waals surface area contributed by atoms with E-state index in [1.54, 1.807) is 10.6 Å². The number of rotatable bonds is 4. The first kappa shape index (κ1) is 16.5. The zero-order chi connectivity index (χ0) is 17.1. The number of pyridine rings is 1. The molecular weight excluding hydrogens is 304 g/mol. The molecule has 2 aromatic heterocycles. The van der Waals surface area contributed by atoms with Crippen molar-refractivity contribution in [2.45, 2.75) is 58.0 Å². The minimum Gasteiger partial charge on any atom is -0.348 e. The number of nitrogens with one attached hydrogen (secondary N) is 2. The Balaban J connectivity index is 1.90. The topological polar surface area (TPSA) is 75.5 Å². The summed E-state index contributed by atoms with van der Waals surface area (Å²) in [5.41, 5.74) is 0.967. The van der Waals surface area contributed by atoms with E-state index in [0.29, 0.717) is 11.2 Å². The molecule has 1 aliphatic carbocycles. The molecule has 128 valence electrons. The molecule has 6 heteroatoms. The highest BCUT2D eigenvalue weighted by Gasteiger charge is 2.24. The molecule has 0 unspecified atom stereocenters. The Morgan fingerprint density at radius 2 is 1.92 bits per heavy atom. The van der Waals surface area contributed by atoms with Crippen molar-refractivity contribution in [1.29, 1.82) is 0 Å². The van der Waals surface area contributed by atoms with Crippen LogP contribution < -0.4 is 10.6 Å². The summed E-state index contributed by atoms with van der Waals surface area (Å²) < 4.78 is 1.67. The van der Waals surface area contributed by atoms with Crippen LogP contribution in [0.25, 0.3) is 5.52 Å². The van der Waals surface area contributed by atoms with E-state index in [-0.39, 0.29) is 29.7 Å². The highest BCUT2D eigenvalue weighted by Crippen LogP contribution is 2.19. The molecule has 1 fully saturated rings. The largest absolute Gasteiger partial charge is 0.348 e. The smallest absolute Gasteiger partial charge is 0.287 e. The fourth-order valence-corrected chi connectivity index (χ4v) is 3.19. The zero-order valence-corrected chi connectivity index (χ0v) is 14.2. The van der Waals surface area contributed by atoms with Crippen LogP contribution in [0.1, 0.15) is 67.1 Å². The van der Waals surface area contributed by atoms with Gasteiger partial charge in [0.2, 0.25) is 5.82 Å². The molecule has 0 spiro atoms. The molecule has 2 N–H and O–H groups in total. The first-order chi connectivity index (χ1) is 11.6. The van der Waals surface area contributed by atoms with E-state index in [1.807, 2.05) is 32.0 Å². The predicted octanol–water partition coefficient (Wildman–Crippen LogP) is 2.54. The quantitative estimate of drug-likeness (QED) is 0.905. The number of imidazole rings is 1. The van der Waals surface area contributed by atoms with Crippen molar-refractivity contribution in [1.82, 2.24) is 20.0 Å². The predicted molar refractivity (Wildman–Crippen MR) is 92.1 cm³/mol. The summed E-state index contributed by atoms with van der Waals surface area (Å²) in [7, 11) is 0. The minimum atomic E-state index is -0.275. The number of aromatic nitrogens is 2. The standard InChI is InChI=1S/C18H24N4O2/c1-12(2)19-18(24)16-21-15(14-10-6-7-11-22(14)16)17(23)20-13-8-4-3-5-9-13/h6-7,10-13H,3-5,8-9H2,1-2H3,(H,19,24)(H,20,23). The third-order valence-electron chi connectivity index (χ3n) is 4.33. The molecule has 2 heterocycles. The van der Waals surface area contributed by atoms with Crippen LogP contribution in [0.5, 0.6) is 0 Å². The van der Waals surface area contributed by atoms with Gasteiger partial charge in [0, 0.05) is 18.3 Å². The highest BCUT2D eigenvalue weighted by atomic mass is 16.2. The number of amides is 2. The Morgan fingerprint density at radius 1 is 1.17 bits per heavy atom. The molecule has 0 bridgehead atoms. The second-order valence-electron chi connectivity index (χ2n) is 6.68. The van der Waals surface area contributed by atoms with Gasteiger partial charge in [-0.15, -0.1) is 0 Å². The van der Waals surface area contributed by atoms with Crippen molar-refractivity contribution in [2.75, 3.05) is 0 Å². The summed E-state index contributed by atoms with van der Waals surface area (Å²) in [6, 6.07) is 5.70. The molecule has 0 saturated heterocycles. The zero-order valence-electron chi connectivity index (χ0n) is 14.2. The van der Waals surface area contributed by atoms with Gasteiger partial charge in [-0.05, 0) is 38.8 Å². The average molecular weight is 328 g/mol. The summed E-state index contributed by atoms with van der Waals surface area (Å²) in [4.78, 5) is 29.4. The van der Waals surface area contributed by atoms with Gasteiger partial charge in [-0.2, -0.15) is 0 Å². The fourth-order valence-electron chi connectivity index (χ4n) is 3.19. The van der Waals surface area contributed by atoms with Crippen LogP contribution in [0, 0.1) is 0 Å². The van der Waals surface area contributed by atoms with E-state index in [9.17, 15) is 9.59 Å². The molecule has 0 radical (unpaired) electrons. The summed E-state index contributed by atoms with van der Waals surface area (Å²) in [5.74, 6) is -0.231. The number of nitrogens with zero attached hydrogens (tertiary/aromatic N) is 2. The van der Waals surface area contributed by atoms with Gasteiger partial charge in [-0.3, -0.25) is 14.0 Å². The fraction of sp³-hybridized carbons (Fsp3) is 0.500. The normalized spacial score (nSPS) is 15.6. The number of carbonyl (C=O) groups is 2. The Morgan fingerprint density at radius 3 is 2.62 bits per heavy atom. The summed E-state index contributed by atoms with van der Waals surface area (Å²) in [6.07, 6.45) is 7.32. The van der Waals surface area contributed by atoms with Crippen molar-refractivity contribution in [3.63, 3.8) is 0 Å². The van der Waals surface area contributed by atoms with Crippen molar-refractivity contribution >= 4 is 17.3 Å². The molecule has 1 aliphatic rings. The van der Waals surface area contributed by atoms with Gasteiger partial charge in [0.25, 0.3) is 11.8 Å². The van der Waals surface area contributed by atoms with Gasteiger partial charge in [0.05, 0.1) is 5.52 Å². The van der Waals surface area contributed by atoms with E-state index in [0.717, 1.165) is 25.7 Å². The van der Waals surface area contributed by atoms with Crippen molar-refractivity contribution in [2.24, 2.45) is 0 Å². The lowest BCUT2D eigenvalue weighted by Crippen LogP contribution is -2.36. The molecule has 2 aromatic rings. The Bertz CT molecular complexity index is 745. The second kappa shape index (κ2) is 7.03. The molecule has 2 amide bonds. The summed E-state index contributed by atoms with van der Waals surface area (Å²) in [6.45, 7) is 3.79. The van der Waals surface area contributed by atoms with Crippen LogP contribution in [0.4, 0.5) is 0 Å². The van der Waals surface area contributed by atoms with E-state index in [4.69, 9.17) is 0 Å². The lowest BCUT2D eigenvalue weighted by Gasteiger charge is -2.22. The van der Waals surface area contributed by atoms with Crippen LogP contribution >= 0.6 is 0 Å². The molecule has 0 aromatic carbocycles. The van der Waals surface area contributed by atoms with E-state index < -0.39 is 0 Å². The van der Waals surface area contributed by atoms with E-state index >= 15 is 0 Å². The second-order valence-corrected chi connectivity index (χ2v) is 6.68. The SMILES string of the molecule is CC(C)NC(=O)c1nc(C(=O)NC2CCCCC2)c2ccccn12.